The largest absolute Gasteiger partial charge is 0.402 e. The van der Waals surface area contributed by atoms with Crippen molar-refractivity contribution in [1.82, 2.24) is 4.48 Å². The Kier molecular flexibility index (Phi) is 6.16. The normalized spacial score (nSPS) is 12.6. The van der Waals surface area contributed by atoms with Crippen LogP contribution in [0.25, 0.3) is 0 Å². The molecule has 1 aromatic carbocycles. The highest BCUT2D eigenvalue weighted by molar-refractivity contribution is 7.80. The Morgan fingerprint density at radius 3 is 2.57 bits per heavy atom. The van der Waals surface area contributed by atoms with Crippen LogP contribution in [0.1, 0.15) is 27.2 Å². The number of rotatable bonds is 3. The average molecular weight is 319 g/mol. The maximum Gasteiger partial charge on any atom is 0.402 e. The minimum absolute atomic E-state index is 0.0985. The molecule has 1 aromatic rings. The third kappa shape index (κ3) is 3.94. The summed E-state index contributed by atoms with van der Waals surface area (Å²) in [4.78, 5) is 13.8. The van der Waals surface area contributed by atoms with Crippen molar-refractivity contribution in [2.75, 3.05) is 12.4 Å². The standard InChI is InChI=1S/C16H18N2OS2/c1-5-8-15(19)18(4,16(21)6-2)14-10-7-9-13(11-14)17-12(3)20/h7,9-11H,6H2,1-4H3/p+1. The second-order valence-electron chi connectivity index (χ2n) is 4.67. The molecule has 0 aliphatic rings. The van der Waals surface area contributed by atoms with E-state index in [-0.39, 0.29) is 10.4 Å². The molecule has 0 fully saturated rings. The van der Waals surface area contributed by atoms with Gasteiger partial charge in [0, 0.05) is 30.2 Å². The third-order valence-corrected chi connectivity index (χ3v) is 3.88. The lowest BCUT2D eigenvalue weighted by Gasteiger charge is -2.28. The van der Waals surface area contributed by atoms with Crippen molar-refractivity contribution in [3.05, 3.63) is 24.3 Å². The lowest BCUT2D eigenvalue weighted by molar-refractivity contribution is -0.120. The minimum atomic E-state index is -0.236. The summed E-state index contributed by atoms with van der Waals surface area (Å²) in [5, 5.41) is 3.08. The molecule has 3 nitrogen and oxygen atoms in total. The molecule has 0 aliphatic heterocycles. The van der Waals surface area contributed by atoms with Gasteiger partial charge in [-0.05, 0) is 32.1 Å². The molecule has 1 N–H and O–H groups in total. The molecule has 0 aromatic heterocycles. The highest BCUT2D eigenvalue weighted by Crippen LogP contribution is 2.27. The van der Waals surface area contributed by atoms with Gasteiger partial charge in [0.2, 0.25) is 0 Å². The fraction of sp³-hybridized carbons (Fsp3) is 0.312. The summed E-state index contributed by atoms with van der Waals surface area (Å²) in [6, 6.07) is 7.53. The second kappa shape index (κ2) is 7.41. The second-order valence-corrected chi connectivity index (χ2v) is 5.75. The summed E-state index contributed by atoms with van der Waals surface area (Å²) >= 11 is 10.5. The highest BCUT2D eigenvalue weighted by atomic mass is 32.1. The number of thiocarbonyl (C=S) groups is 2. The first kappa shape index (κ1) is 17.4. The van der Waals surface area contributed by atoms with Crippen molar-refractivity contribution < 1.29 is 4.79 Å². The number of hydrogen-bond acceptors (Lipinski definition) is 3. The molecule has 0 bridgehead atoms. The maximum atomic E-state index is 12.5. The van der Waals surface area contributed by atoms with E-state index < -0.39 is 0 Å². The van der Waals surface area contributed by atoms with Gasteiger partial charge in [0.1, 0.15) is 5.69 Å². The van der Waals surface area contributed by atoms with Gasteiger partial charge in [-0.25, -0.2) is 4.79 Å². The van der Waals surface area contributed by atoms with Crippen LogP contribution in [-0.4, -0.2) is 22.9 Å². The smallest absolute Gasteiger partial charge is 0.350 e. The molecule has 5 heteroatoms. The fourth-order valence-electron chi connectivity index (χ4n) is 1.97. The number of carbonyl (C=O) groups excluding carboxylic acids is 1. The van der Waals surface area contributed by atoms with Crippen LogP contribution < -0.4 is 9.80 Å². The van der Waals surface area contributed by atoms with Gasteiger partial charge in [-0.2, -0.15) is 4.48 Å². The summed E-state index contributed by atoms with van der Waals surface area (Å²) in [6.07, 6.45) is 0.618. The zero-order valence-corrected chi connectivity index (χ0v) is 14.3. The van der Waals surface area contributed by atoms with Gasteiger partial charge in [-0.3, -0.25) is 0 Å². The Hall–Kier alpha value is -1.61. The van der Waals surface area contributed by atoms with Crippen LogP contribution in [0.15, 0.2) is 24.3 Å². The number of nitrogens with one attached hydrogen (secondary N) is 1. The quantitative estimate of drug-likeness (QED) is 0.523. The van der Waals surface area contributed by atoms with E-state index in [1.54, 1.807) is 20.9 Å². The number of nitrogens with zero attached hydrogens (tertiary/aromatic N) is 1. The van der Waals surface area contributed by atoms with Gasteiger partial charge in [0.25, 0.3) is 0 Å². The number of anilines is 1. The summed E-state index contributed by atoms with van der Waals surface area (Å²) in [7, 11) is 1.78. The van der Waals surface area contributed by atoms with Gasteiger partial charge in [-0.15, -0.1) is 0 Å². The van der Waals surface area contributed by atoms with E-state index in [0.717, 1.165) is 11.4 Å². The Morgan fingerprint density at radius 1 is 1.38 bits per heavy atom. The van der Waals surface area contributed by atoms with Crippen molar-refractivity contribution in [3.8, 4) is 11.8 Å². The highest BCUT2D eigenvalue weighted by Gasteiger charge is 2.37. The van der Waals surface area contributed by atoms with E-state index in [4.69, 9.17) is 24.4 Å². The van der Waals surface area contributed by atoms with Gasteiger partial charge in [0.05, 0.1) is 12.0 Å². The number of amides is 1. The molecule has 0 saturated carbocycles. The van der Waals surface area contributed by atoms with Crippen LogP contribution in [0.5, 0.6) is 0 Å². The molecular formula is C16H19N2OS2+. The van der Waals surface area contributed by atoms with E-state index in [2.05, 4.69) is 17.2 Å². The molecule has 0 saturated heterocycles. The lowest BCUT2D eigenvalue weighted by atomic mass is 10.2. The SMILES string of the molecule is CC#CC(=O)[N+](C)(C(=S)CC)c1cccc(NC(C)=S)c1. The van der Waals surface area contributed by atoms with E-state index in [0.29, 0.717) is 16.4 Å². The first-order valence-electron chi connectivity index (χ1n) is 6.61. The van der Waals surface area contributed by atoms with Crippen LogP contribution in [0.3, 0.4) is 0 Å². The van der Waals surface area contributed by atoms with Crippen molar-refractivity contribution in [2.24, 2.45) is 0 Å². The zero-order valence-electron chi connectivity index (χ0n) is 12.7. The predicted molar refractivity (Wildman–Crippen MR) is 97.4 cm³/mol. The van der Waals surface area contributed by atoms with Gasteiger partial charge in [0.15, 0.2) is 4.99 Å². The van der Waals surface area contributed by atoms with Crippen LogP contribution in [0.2, 0.25) is 0 Å². The van der Waals surface area contributed by atoms with Crippen LogP contribution in [-0.2, 0) is 4.79 Å². The molecule has 0 spiro atoms. The fourth-order valence-corrected chi connectivity index (χ4v) is 2.28. The molecule has 21 heavy (non-hydrogen) atoms. The Balaban J connectivity index is 3.38. The summed E-state index contributed by atoms with van der Waals surface area (Å²) < 4.78 is -0.0985. The molecule has 0 heterocycles. The molecule has 0 radical (unpaired) electrons. The van der Waals surface area contributed by atoms with E-state index in [9.17, 15) is 4.79 Å². The lowest BCUT2D eigenvalue weighted by Crippen LogP contribution is -2.53. The van der Waals surface area contributed by atoms with Crippen LogP contribution >= 0.6 is 24.4 Å². The third-order valence-electron chi connectivity index (χ3n) is 3.12. The van der Waals surface area contributed by atoms with E-state index >= 15 is 0 Å². The summed E-state index contributed by atoms with van der Waals surface area (Å²) in [6.45, 7) is 5.39. The van der Waals surface area contributed by atoms with E-state index in [1.165, 1.54) is 0 Å². The van der Waals surface area contributed by atoms with Crippen molar-refractivity contribution in [3.63, 3.8) is 0 Å². The molecule has 1 amide bonds. The average Bonchev–Trinajstić information content (AvgIpc) is 2.45. The number of hydrogen-bond donors (Lipinski definition) is 1. The summed E-state index contributed by atoms with van der Waals surface area (Å²) in [5.41, 5.74) is 1.61. The molecule has 110 valence electrons. The minimum Gasteiger partial charge on any atom is -0.350 e. The van der Waals surface area contributed by atoms with Gasteiger partial charge < -0.3 is 5.32 Å². The van der Waals surface area contributed by atoms with Crippen molar-refractivity contribution >= 4 is 51.7 Å². The Labute approximate surface area is 136 Å². The molecular weight excluding hydrogens is 300 g/mol. The van der Waals surface area contributed by atoms with Gasteiger partial charge in [-0.1, -0.05) is 31.1 Å². The summed E-state index contributed by atoms with van der Waals surface area (Å²) in [5.74, 6) is 5.03. The Bertz CT molecular complexity index is 643. The van der Waals surface area contributed by atoms with Crippen LogP contribution in [0, 0.1) is 11.8 Å². The van der Waals surface area contributed by atoms with Crippen molar-refractivity contribution in [2.45, 2.75) is 27.2 Å². The first-order valence-corrected chi connectivity index (χ1v) is 7.43. The number of quaternary nitrogens is 1. The topological polar surface area (TPSA) is 29.1 Å². The van der Waals surface area contributed by atoms with Crippen LogP contribution in [0.4, 0.5) is 11.4 Å². The maximum absolute atomic E-state index is 12.5. The first-order chi connectivity index (χ1) is 9.86. The zero-order chi connectivity index (χ0) is 16.0. The molecule has 1 rings (SSSR count). The molecule has 1 atom stereocenters. The predicted octanol–water partition coefficient (Wildman–Crippen LogP) is 3.67. The molecule has 0 aliphatic carbocycles. The molecule has 1 unspecified atom stereocenters. The van der Waals surface area contributed by atoms with Crippen molar-refractivity contribution in [1.29, 1.82) is 0 Å². The Morgan fingerprint density at radius 2 is 2.05 bits per heavy atom. The number of carbonyl (C=O) groups is 1. The van der Waals surface area contributed by atoms with E-state index in [1.807, 2.05) is 31.2 Å². The van der Waals surface area contributed by atoms with Gasteiger partial charge >= 0.3 is 5.91 Å². The monoisotopic (exact) mass is 319 g/mol. The number of benzene rings is 1.